The van der Waals surface area contributed by atoms with Crippen LogP contribution < -0.4 is 0 Å². The number of hydrogen-bond donors (Lipinski definition) is 1. The Labute approximate surface area is 255 Å². The second-order valence-corrected chi connectivity index (χ2v) is 13.3. The molecule has 2 unspecified atom stereocenters. The first-order valence-corrected chi connectivity index (χ1v) is 15.4. The molecule has 0 bridgehead atoms. The Kier molecular flexibility index (Phi) is 9.12. The summed E-state index contributed by atoms with van der Waals surface area (Å²) in [5, 5.41) is 15.7. The molecular weight excluding hydrogens is 540 g/mol. The molecule has 1 aromatic heterocycles. The maximum Gasteiger partial charge on any atom is 0.410 e. The van der Waals surface area contributed by atoms with Crippen molar-refractivity contribution in [3.8, 4) is 12.3 Å². The number of fused-ring (bicyclic) bond motifs is 1. The molecular formula is C35H44N4O4. The van der Waals surface area contributed by atoms with Gasteiger partial charge >= 0.3 is 6.09 Å². The standard InChI is InChI=1S/C35H44N4O4/c1-6-25(33(41)37-22-27-20-30(21-28(27)23-37)38-18-10-17-36-38)14-13-24(2)19-29-15-16-31(32(40)26-11-8-7-9-12-26)39(29)34(42)43-35(3,4)5/h1,7-14,17-18,27-32,40H,15-16,19-23H2,2-5H3/b24-13+,25-14+/t27?,28?,29-,30?,31+,32+/m0/s1. The number of amides is 2. The van der Waals surface area contributed by atoms with E-state index in [1.807, 2.05) is 92.1 Å². The van der Waals surface area contributed by atoms with E-state index >= 15 is 0 Å². The third-order valence-electron chi connectivity index (χ3n) is 9.05. The molecule has 5 atom stereocenters. The first kappa shape index (κ1) is 30.6. The Balaban J connectivity index is 1.24. The molecule has 2 amide bonds. The van der Waals surface area contributed by atoms with Gasteiger partial charge in [0.15, 0.2) is 0 Å². The Bertz CT molecular complexity index is 1370. The van der Waals surface area contributed by atoms with Gasteiger partial charge < -0.3 is 14.7 Å². The highest BCUT2D eigenvalue weighted by Gasteiger charge is 2.44. The number of hydrogen-bond acceptors (Lipinski definition) is 5. The lowest BCUT2D eigenvalue weighted by Crippen LogP contribution is -2.46. The van der Waals surface area contributed by atoms with Gasteiger partial charge in [-0.15, -0.1) is 6.42 Å². The smallest absolute Gasteiger partial charge is 0.410 e. The molecule has 3 heterocycles. The summed E-state index contributed by atoms with van der Waals surface area (Å²) in [5.74, 6) is 3.45. The summed E-state index contributed by atoms with van der Waals surface area (Å²) in [5.41, 5.74) is 1.46. The largest absolute Gasteiger partial charge is 0.444 e. The summed E-state index contributed by atoms with van der Waals surface area (Å²) in [7, 11) is 0. The molecule has 8 heteroatoms. The molecule has 3 aliphatic rings. The van der Waals surface area contributed by atoms with Gasteiger partial charge in [0.1, 0.15) is 5.60 Å². The molecule has 2 aliphatic heterocycles. The normalized spacial score (nSPS) is 26.7. The molecule has 1 saturated carbocycles. The van der Waals surface area contributed by atoms with E-state index in [1.165, 1.54) is 0 Å². The van der Waals surface area contributed by atoms with Crippen molar-refractivity contribution in [3.63, 3.8) is 0 Å². The molecule has 2 saturated heterocycles. The van der Waals surface area contributed by atoms with Crippen molar-refractivity contribution in [3.05, 3.63) is 77.7 Å². The van der Waals surface area contributed by atoms with Gasteiger partial charge in [-0.05, 0) is 89.3 Å². The molecule has 8 nitrogen and oxygen atoms in total. The van der Waals surface area contributed by atoms with Crippen molar-refractivity contribution < 1.29 is 19.4 Å². The van der Waals surface area contributed by atoms with Crippen LogP contribution in [0.2, 0.25) is 0 Å². The summed E-state index contributed by atoms with van der Waals surface area (Å²) < 4.78 is 7.82. The monoisotopic (exact) mass is 584 g/mol. The number of carbonyl (C=O) groups is 2. The number of rotatable bonds is 7. The molecule has 1 N–H and O–H groups in total. The van der Waals surface area contributed by atoms with E-state index in [2.05, 4.69) is 11.0 Å². The average Bonchev–Trinajstić information content (AvgIpc) is 3.76. The van der Waals surface area contributed by atoms with Crippen molar-refractivity contribution in [2.24, 2.45) is 11.8 Å². The van der Waals surface area contributed by atoms with E-state index in [-0.39, 0.29) is 11.9 Å². The zero-order valence-corrected chi connectivity index (χ0v) is 25.7. The molecule has 0 radical (unpaired) electrons. The number of nitrogens with zero attached hydrogens (tertiary/aromatic N) is 4. The van der Waals surface area contributed by atoms with Crippen molar-refractivity contribution in [1.29, 1.82) is 0 Å². The highest BCUT2D eigenvalue weighted by molar-refractivity contribution is 5.98. The molecule has 0 spiro atoms. The molecule has 3 fully saturated rings. The minimum absolute atomic E-state index is 0.0983. The Morgan fingerprint density at radius 1 is 1.12 bits per heavy atom. The van der Waals surface area contributed by atoms with Gasteiger partial charge in [-0.1, -0.05) is 47.9 Å². The minimum atomic E-state index is -0.816. The quantitative estimate of drug-likeness (QED) is 0.257. The van der Waals surface area contributed by atoms with Crippen molar-refractivity contribution in [2.45, 2.75) is 89.6 Å². The van der Waals surface area contributed by atoms with Gasteiger partial charge in [0.2, 0.25) is 0 Å². The molecule has 2 aromatic rings. The fourth-order valence-corrected chi connectivity index (χ4v) is 7.06. The topological polar surface area (TPSA) is 87.9 Å². The number of benzene rings is 1. The summed E-state index contributed by atoms with van der Waals surface area (Å²) >= 11 is 0. The van der Waals surface area contributed by atoms with Crippen molar-refractivity contribution in [2.75, 3.05) is 13.1 Å². The number of aliphatic hydroxyl groups is 1. The average molecular weight is 585 g/mol. The van der Waals surface area contributed by atoms with Crippen LogP contribution in [0.1, 0.15) is 77.5 Å². The van der Waals surface area contributed by atoms with Crippen molar-refractivity contribution >= 4 is 12.0 Å². The van der Waals surface area contributed by atoms with E-state index < -0.39 is 23.8 Å². The predicted molar refractivity (Wildman–Crippen MR) is 166 cm³/mol. The van der Waals surface area contributed by atoms with E-state index in [1.54, 1.807) is 11.0 Å². The highest BCUT2D eigenvalue weighted by atomic mass is 16.6. The predicted octanol–water partition coefficient (Wildman–Crippen LogP) is 5.69. The number of aromatic nitrogens is 2. The van der Waals surface area contributed by atoms with E-state index in [0.29, 0.717) is 36.3 Å². The maximum absolute atomic E-state index is 13.4. The Hall–Kier alpha value is -3.83. The van der Waals surface area contributed by atoms with Crippen LogP contribution in [0.5, 0.6) is 0 Å². The molecule has 5 rings (SSSR count). The van der Waals surface area contributed by atoms with Crippen LogP contribution in [0, 0.1) is 24.2 Å². The minimum Gasteiger partial charge on any atom is -0.444 e. The SMILES string of the molecule is C#C/C(=C\C=C(/C)C[C@@H]1CC[C@H]([C@H](O)c2ccccc2)N1C(=O)OC(C)(C)C)C(=O)N1CC2CC(n3cccn3)CC2C1. The van der Waals surface area contributed by atoms with Crippen molar-refractivity contribution in [1.82, 2.24) is 19.6 Å². The van der Waals surface area contributed by atoms with Crippen LogP contribution in [0.25, 0.3) is 0 Å². The van der Waals surface area contributed by atoms with Crippen LogP contribution in [0.15, 0.2) is 72.1 Å². The van der Waals surface area contributed by atoms with Gasteiger partial charge in [-0.25, -0.2) is 4.79 Å². The van der Waals surface area contributed by atoms with E-state index in [0.717, 1.165) is 43.5 Å². The van der Waals surface area contributed by atoms with Gasteiger partial charge in [0, 0.05) is 31.5 Å². The third kappa shape index (κ3) is 7.05. The Morgan fingerprint density at radius 3 is 2.42 bits per heavy atom. The zero-order valence-electron chi connectivity index (χ0n) is 25.7. The highest BCUT2D eigenvalue weighted by Crippen LogP contribution is 2.44. The number of terminal acetylenes is 1. The van der Waals surface area contributed by atoms with Crippen LogP contribution >= 0.6 is 0 Å². The van der Waals surface area contributed by atoms with E-state index in [4.69, 9.17) is 11.2 Å². The second kappa shape index (κ2) is 12.8. The van der Waals surface area contributed by atoms with Gasteiger partial charge in [0.25, 0.3) is 5.91 Å². The molecule has 43 heavy (non-hydrogen) atoms. The number of allylic oxidation sites excluding steroid dienone is 2. The third-order valence-corrected chi connectivity index (χ3v) is 9.05. The number of aliphatic hydroxyl groups excluding tert-OH is 1. The van der Waals surface area contributed by atoms with Gasteiger partial charge in [-0.3, -0.25) is 14.4 Å². The van der Waals surface area contributed by atoms with E-state index in [9.17, 15) is 14.7 Å². The zero-order chi connectivity index (χ0) is 30.7. The summed E-state index contributed by atoms with van der Waals surface area (Å²) in [4.78, 5) is 30.4. The first-order chi connectivity index (χ1) is 20.5. The fraction of sp³-hybridized carbons (Fsp3) is 0.514. The van der Waals surface area contributed by atoms with Crippen LogP contribution in [0.3, 0.4) is 0 Å². The lowest BCUT2D eigenvalue weighted by Gasteiger charge is -2.35. The summed E-state index contributed by atoms with van der Waals surface area (Å²) in [6.45, 7) is 8.97. The van der Waals surface area contributed by atoms with Gasteiger partial charge in [-0.2, -0.15) is 5.10 Å². The van der Waals surface area contributed by atoms with Crippen LogP contribution in [0.4, 0.5) is 4.79 Å². The van der Waals surface area contributed by atoms with Crippen LogP contribution in [-0.4, -0.2) is 67.5 Å². The maximum atomic E-state index is 13.4. The molecule has 1 aliphatic carbocycles. The lowest BCUT2D eigenvalue weighted by molar-refractivity contribution is -0.126. The first-order valence-electron chi connectivity index (χ1n) is 15.4. The number of carbonyl (C=O) groups excluding carboxylic acids is 2. The second-order valence-electron chi connectivity index (χ2n) is 13.3. The fourth-order valence-electron chi connectivity index (χ4n) is 7.06. The Morgan fingerprint density at radius 2 is 1.81 bits per heavy atom. The van der Waals surface area contributed by atoms with Gasteiger partial charge in [0.05, 0.1) is 23.8 Å². The lowest BCUT2D eigenvalue weighted by atomic mass is 10.0. The van der Waals surface area contributed by atoms with Crippen LogP contribution in [-0.2, 0) is 9.53 Å². The molecule has 228 valence electrons. The number of ether oxygens (including phenoxy) is 1. The molecule has 1 aromatic carbocycles. The number of likely N-dealkylation sites (tertiary alicyclic amines) is 2. The summed E-state index contributed by atoms with van der Waals surface area (Å²) in [6.07, 6.45) is 16.1. The summed E-state index contributed by atoms with van der Waals surface area (Å²) in [6, 6.07) is 11.3.